The first kappa shape index (κ1) is 15.2. The third-order valence-corrected chi connectivity index (χ3v) is 3.70. The Hall–Kier alpha value is -2.66. The van der Waals surface area contributed by atoms with Gasteiger partial charge < -0.3 is 10.1 Å². The van der Waals surface area contributed by atoms with Gasteiger partial charge in [-0.15, -0.1) is 0 Å². The lowest BCUT2D eigenvalue weighted by molar-refractivity contribution is -0.113. The zero-order chi connectivity index (χ0) is 16.2. The molecule has 0 unspecified atom stereocenters. The third kappa shape index (κ3) is 3.10. The van der Waals surface area contributed by atoms with E-state index in [2.05, 4.69) is 5.32 Å². The number of benzene rings is 2. The van der Waals surface area contributed by atoms with Gasteiger partial charge in [0.05, 0.1) is 12.3 Å². The smallest absolute Gasteiger partial charge is 0.281 e. The quantitative estimate of drug-likeness (QED) is 0.692. The van der Waals surface area contributed by atoms with Crippen LogP contribution in [0.4, 0.5) is 5.69 Å². The van der Waals surface area contributed by atoms with Crippen LogP contribution in [0.2, 0.25) is 0 Å². The zero-order valence-electron chi connectivity index (χ0n) is 12.7. The maximum absolute atomic E-state index is 12.7. The van der Waals surface area contributed by atoms with E-state index >= 15 is 0 Å². The van der Waals surface area contributed by atoms with E-state index in [1.165, 1.54) is 4.90 Å². The van der Waals surface area contributed by atoms with E-state index in [1.54, 1.807) is 6.08 Å². The summed E-state index contributed by atoms with van der Waals surface area (Å²) in [4.78, 5) is 14.1. The molecule has 1 heterocycles. The van der Waals surface area contributed by atoms with E-state index < -0.39 is 0 Å². The molecule has 0 aromatic heterocycles. The highest BCUT2D eigenvalue weighted by Gasteiger charge is 2.31. The Kier molecular flexibility index (Phi) is 4.39. The SMILES string of the molecule is CCOc1ccccc1/C=C1/NC(=S)N(c2ccccc2)C1=O. The van der Waals surface area contributed by atoms with E-state index in [1.807, 2.05) is 61.5 Å². The summed E-state index contributed by atoms with van der Waals surface area (Å²) in [5, 5.41) is 3.36. The Morgan fingerprint density at radius 1 is 1.13 bits per heavy atom. The minimum atomic E-state index is -0.174. The molecule has 0 radical (unpaired) electrons. The molecule has 1 amide bonds. The van der Waals surface area contributed by atoms with E-state index in [0.717, 1.165) is 17.0 Å². The molecule has 1 aliphatic heterocycles. The fraction of sp³-hybridized carbons (Fsp3) is 0.111. The summed E-state index contributed by atoms with van der Waals surface area (Å²) in [6.45, 7) is 2.49. The van der Waals surface area contributed by atoms with Gasteiger partial charge in [0.15, 0.2) is 5.11 Å². The minimum absolute atomic E-state index is 0.174. The number of carbonyl (C=O) groups is 1. The Bertz CT molecular complexity index is 772. The highest BCUT2D eigenvalue weighted by atomic mass is 32.1. The Morgan fingerprint density at radius 2 is 1.83 bits per heavy atom. The monoisotopic (exact) mass is 324 g/mol. The first-order valence-corrected chi connectivity index (χ1v) is 7.75. The molecule has 1 fully saturated rings. The van der Waals surface area contributed by atoms with Crippen molar-refractivity contribution in [2.75, 3.05) is 11.5 Å². The summed E-state index contributed by atoms with van der Waals surface area (Å²) < 4.78 is 5.59. The molecule has 1 aliphatic rings. The summed E-state index contributed by atoms with van der Waals surface area (Å²) >= 11 is 5.30. The lowest BCUT2D eigenvalue weighted by Crippen LogP contribution is -2.30. The number of ether oxygens (including phenoxy) is 1. The van der Waals surface area contributed by atoms with Gasteiger partial charge in [-0.3, -0.25) is 9.69 Å². The number of nitrogens with zero attached hydrogens (tertiary/aromatic N) is 1. The van der Waals surface area contributed by atoms with Gasteiger partial charge in [0, 0.05) is 5.56 Å². The predicted molar refractivity (Wildman–Crippen MR) is 95.2 cm³/mol. The van der Waals surface area contributed by atoms with Crippen LogP contribution >= 0.6 is 12.2 Å². The van der Waals surface area contributed by atoms with Crippen molar-refractivity contribution < 1.29 is 9.53 Å². The Labute approximate surface area is 140 Å². The van der Waals surface area contributed by atoms with Crippen molar-refractivity contribution in [3.05, 3.63) is 65.9 Å². The van der Waals surface area contributed by atoms with Crippen LogP contribution in [0, 0.1) is 0 Å². The van der Waals surface area contributed by atoms with Gasteiger partial charge >= 0.3 is 0 Å². The number of anilines is 1. The number of rotatable bonds is 4. The molecule has 5 heteroatoms. The first-order chi connectivity index (χ1) is 11.2. The summed E-state index contributed by atoms with van der Waals surface area (Å²) in [6, 6.07) is 16.9. The molecule has 1 N–H and O–H groups in total. The third-order valence-electron chi connectivity index (χ3n) is 3.41. The van der Waals surface area contributed by atoms with Crippen LogP contribution in [0.1, 0.15) is 12.5 Å². The molecule has 1 saturated heterocycles. The number of hydrogen-bond donors (Lipinski definition) is 1. The molecule has 0 bridgehead atoms. The van der Waals surface area contributed by atoms with Gasteiger partial charge in [0.1, 0.15) is 11.4 Å². The Morgan fingerprint density at radius 3 is 2.57 bits per heavy atom. The summed E-state index contributed by atoms with van der Waals surface area (Å²) in [7, 11) is 0. The number of hydrogen-bond acceptors (Lipinski definition) is 3. The molecule has 0 spiro atoms. The van der Waals surface area contributed by atoms with E-state index in [4.69, 9.17) is 17.0 Å². The van der Waals surface area contributed by atoms with Crippen LogP contribution < -0.4 is 15.0 Å². The topological polar surface area (TPSA) is 41.6 Å². The molecule has 2 aromatic rings. The standard InChI is InChI=1S/C18H16N2O2S/c1-2-22-16-11-7-6-8-13(16)12-15-17(21)20(18(23)19-15)14-9-4-3-5-10-14/h3-12H,2H2,1H3,(H,19,23)/b15-12+. The molecular formula is C18H16N2O2S. The fourth-order valence-corrected chi connectivity index (χ4v) is 2.69. The number of nitrogens with one attached hydrogen (secondary N) is 1. The number of amides is 1. The second kappa shape index (κ2) is 6.62. The lowest BCUT2D eigenvalue weighted by Gasteiger charge is -2.13. The summed E-state index contributed by atoms with van der Waals surface area (Å²) in [5.74, 6) is 0.564. The van der Waals surface area contributed by atoms with Crippen molar-refractivity contribution in [3.8, 4) is 5.75 Å². The van der Waals surface area contributed by atoms with Crippen molar-refractivity contribution in [2.45, 2.75) is 6.92 Å². The first-order valence-electron chi connectivity index (χ1n) is 7.34. The van der Waals surface area contributed by atoms with E-state index in [-0.39, 0.29) is 5.91 Å². The predicted octanol–water partition coefficient (Wildman–Crippen LogP) is 3.35. The second-order valence-corrected chi connectivity index (χ2v) is 5.32. The average molecular weight is 324 g/mol. The normalized spacial score (nSPS) is 15.9. The fourth-order valence-electron chi connectivity index (χ4n) is 2.39. The highest BCUT2D eigenvalue weighted by Crippen LogP contribution is 2.25. The second-order valence-electron chi connectivity index (χ2n) is 4.94. The highest BCUT2D eigenvalue weighted by molar-refractivity contribution is 7.80. The van der Waals surface area contributed by atoms with E-state index in [0.29, 0.717) is 17.4 Å². The van der Waals surface area contributed by atoms with Crippen LogP contribution in [-0.4, -0.2) is 17.6 Å². The molecule has 2 aromatic carbocycles. The average Bonchev–Trinajstić information content (AvgIpc) is 2.84. The number of para-hydroxylation sites is 2. The molecule has 23 heavy (non-hydrogen) atoms. The lowest BCUT2D eigenvalue weighted by atomic mass is 10.1. The van der Waals surface area contributed by atoms with Crippen molar-refractivity contribution in [1.29, 1.82) is 0 Å². The maximum atomic E-state index is 12.7. The van der Waals surface area contributed by atoms with E-state index in [9.17, 15) is 4.79 Å². The molecule has 3 rings (SSSR count). The van der Waals surface area contributed by atoms with Crippen molar-refractivity contribution in [2.24, 2.45) is 0 Å². The maximum Gasteiger partial charge on any atom is 0.281 e. The summed E-state index contributed by atoms with van der Waals surface area (Å²) in [5.41, 5.74) is 2.02. The van der Waals surface area contributed by atoms with Crippen LogP contribution in [0.3, 0.4) is 0 Å². The molecule has 0 atom stereocenters. The van der Waals surface area contributed by atoms with Gasteiger partial charge in [0.2, 0.25) is 0 Å². The van der Waals surface area contributed by atoms with Gasteiger partial charge in [-0.05, 0) is 43.4 Å². The largest absolute Gasteiger partial charge is 0.493 e. The molecular weight excluding hydrogens is 308 g/mol. The molecule has 0 aliphatic carbocycles. The van der Waals surface area contributed by atoms with Crippen molar-refractivity contribution >= 4 is 35.0 Å². The van der Waals surface area contributed by atoms with Crippen LogP contribution in [0.5, 0.6) is 5.75 Å². The van der Waals surface area contributed by atoms with Gasteiger partial charge in [-0.1, -0.05) is 36.4 Å². The zero-order valence-corrected chi connectivity index (χ0v) is 13.5. The summed E-state index contributed by atoms with van der Waals surface area (Å²) in [6.07, 6.45) is 1.77. The number of thiocarbonyl (C=S) groups is 1. The van der Waals surface area contributed by atoms with Crippen molar-refractivity contribution in [1.82, 2.24) is 5.32 Å². The van der Waals surface area contributed by atoms with Crippen LogP contribution in [-0.2, 0) is 4.79 Å². The van der Waals surface area contributed by atoms with Gasteiger partial charge in [-0.2, -0.15) is 0 Å². The van der Waals surface area contributed by atoms with Crippen LogP contribution in [0.15, 0.2) is 60.3 Å². The van der Waals surface area contributed by atoms with Gasteiger partial charge in [0.25, 0.3) is 5.91 Å². The molecule has 116 valence electrons. The van der Waals surface area contributed by atoms with Crippen LogP contribution in [0.25, 0.3) is 6.08 Å². The minimum Gasteiger partial charge on any atom is -0.493 e. The van der Waals surface area contributed by atoms with Crippen molar-refractivity contribution in [3.63, 3.8) is 0 Å². The Balaban J connectivity index is 1.94. The number of carbonyl (C=O) groups excluding carboxylic acids is 1. The molecule has 4 nitrogen and oxygen atoms in total. The molecule has 0 saturated carbocycles. The van der Waals surface area contributed by atoms with Gasteiger partial charge in [-0.25, -0.2) is 0 Å².